The van der Waals surface area contributed by atoms with Crippen LogP contribution in [0.3, 0.4) is 0 Å². The van der Waals surface area contributed by atoms with Gasteiger partial charge in [0.15, 0.2) is 16.6 Å². The van der Waals surface area contributed by atoms with Crippen LogP contribution in [-0.2, 0) is 12.3 Å². The van der Waals surface area contributed by atoms with Gasteiger partial charge in [-0.15, -0.1) is 0 Å². The molecule has 0 heterocycles. The Morgan fingerprint density at radius 3 is 1.57 bits per heavy atom. The monoisotopic (exact) mass is 365 g/mol. The van der Waals surface area contributed by atoms with Gasteiger partial charge in [0.1, 0.15) is 0 Å². The van der Waals surface area contributed by atoms with E-state index in [0.29, 0.717) is 0 Å². The van der Waals surface area contributed by atoms with Crippen molar-refractivity contribution in [2.24, 2.45) is 0 Å². The Kier molecular flexibility index (Phi) is 8.31. The first kappa shape index (κ1) is 21.7. The van der Waals surface area contributed by atoms with Crippen molar-refractivity contribution < 1.29 is 12.3 Å². The summed E-state index contributed by atoms with van der Waals surface area (Å²) in [5.74, 6) is 0. The van der Waals surface area contributed by atoms with Gasteiger partial charge in [0.05, 0.1) is 0 Å². The Morgan fingerprint density at radius 2 is 1.14 bits per heavy atom. The molecule has 0 fully saturated rings. The van der Waals surface area contributed by atoms with Crippen LogP contribution in [0, 0.1) is 6.92 Å². The molecule has 0 aliphatic heterocycles. The molecular weight excluding hydrogens is 328 g/mol. The average molecular weight is 366 g/mol. The third-order valence-electron chi connectivity index (χ3n) is 2.84. The smallest absolute Gasteiger partial charge is 0.312 e. The highest BCUT2D eigenvalue weighted by atomic mass is 28.5. The van der Waals surface area contributed by atoms with Crippen LogP contribution < -0.4 is 0 Å². The van der Waals surface area contributed by atoms with Gasteiger partial charge in [0.25, 0.3) is 0 Å². The van der Waals surface area contributed by atoms with Crippen molar-refractivity contribution in [1.29, 1.82) is 0 Å². The largest absolute Gasteiger partial charge is 0.437 e. The van der Waals surface area contributed by atoms with Gasteiger partial charge in [-0.25, -0.2) is 0 Å². The maximum Gasteiger partial charge on any atom is 0.312 e. The van der Waals surface area contributed by atoms with E-state index < -0.39 is 33.8 Å². The first-order valence-corrected chi connectivity index (χ1v) is 20.2. The average Bonchev–Trinajstić information content (AvgIpc) is 2.08. The first-order chi connectivity index (χ1) is 9.18. The van der Waals surface area contributed by atoms with Crippen LogP contribution in [0.5, 0.6) is 0 Å². The highest BCUT2D eigenvalue weighted by molar-refractivity contribution is 6.89. The van der Waals surface area contributed by atoms with Crippen LogP contribution in [0.25, 0.3) is 0 Å². The van der Waals surface area contributed by atoms with E-state index in [4.69, 9.17) is 12.3 Å². The Labute approximate surface area is 137 Å². The first-order valence-electron chi connectivity index (χ1n) is 8.08. The van der Waals surface area contributed by atoms with Crippen molar-refractivity contribution in [3.63, 3.8) is 0 Å². The van der Waals surface area contributed by atoms with Crippen LogP contribution in [-0.4, -0.2) is 33.8 Å². The predicted octanol–water partition coefficient (Wildman–Crippen LogP) is 5.48. The SMILES string of the molecule is [CH2]CCCC[Si](C)(C)O[Si](C)(C)O[Si](C)(C)O[Si](C)(C)C. The molecule has 0 amide bonds. The summed E-state index contributed by atoms with van der Waals surface area (Å²) in [4.78, 5) is 0. The molecule has 127 valence electrons. The van der Waals surface area contributed by atoms with E-state index >= 15 is 0 Å². The Bertz CT molecular complexity index is 312. The molecule has 0 bridgehead atoms. The van der Waals surface area contributed by atoms with Gasteiger partial charge in [-0.3, -0.25) is 0 Å². The van der Waals surface area contributed by atoms with Gasteiger partial charge < -0.3 is 12.3 Å². The molecule has 0 rings (SSSR count). The van der Waals surface area contributed by atoms with E-state index in [9.17, 15) is 0 Å². The molecular formula is C14H37O3Si4. The van der Waals surface area contributed by atoms with Crippen LogP contribution >= 0.6 is 0 Å². The van der Waals surface area contributed by atoms with Crippen LogP contribution in [0.4, 0.5) is 0 Å². The van der Waals surface area contributed by atoms with Crippen molar-refractivity contribution in [2.75, 3.05) is 0 Å². The fraction of sp³-hybridized carbons (Fsp3) is 0.929. The molecule has 0 aliphatic carbocycles. The number of rotatable bonds is 10. The minimum absolute atomic E-state index is 1.02. The Hall–Kier alpha value is 0.748. The minimum Gasteiger partial charge on any atom is -0.437 e. The van der Waals surface area contributed by atoms with E-state index in [0.717, 1.165) is 6.42 Å². The lowest BCUT2D eigenvalue weighted by Gasteiger charge is -2.40. The van der Waals surface area contributed by atoms with E-state index in [1.165, 1.54) is 18.9 Å². The van der Waals surface area contributed by atoms with Crippen LogP contribution in [0.1, 0.15) is 19.3 Å². The summed E-state index contributed by atoms with van der Waals surface area (Å²) in [5, 5.41) is 0. The van der Waals surface area contributed by atoms with Crippen molar-refractivity contribution in [3.05, 3.63) is 6.92 Å². The minimum atomic E-state index is -2.13. The molecule has 0 atom stereocenters. The Morgan fingerprint density at radius 1 is 0.667 bits per heavy atom. The molecule has 0 spiro atoms. The van der Waals surface area contributed by atoms with E-state index in [1.807, 2.05) is 0 Å². The van der Waals surface area contributed by atoms with E-state index in [2.05, 4.69) is 65.8 Å². The highest BCUT2D eigenvalue weighted by Gasteiger charge is 2.42. The summed E-state index contributed by atoms with van der Waals surface area (Å²) in [5.41, 5.74) is 0. The second kappa shape index (κ2) is 8.03. The van der Waals surface area contributed by atoms with Crippen molar-refractivity contribution in [3.8, 4) is 0 Å². The molecule has 0 N–H and O–H groups in total. The lowest BCUT2D eigenvalue weighted by Crippen LogP contribution is -2.55. The summed E-state index contributed by atoms with van der Waals surface area (Å²) in [6, 6.07) is 1.19. The normalized spacial score (nSPS) is 14.6. The lowest BCUT2D eigenvalue weighted by atomic mass is 10.3. The summed E-state index contributed by atoms with van der Waals surface area (Å²) in [6.45, 7) is 23.8. The van der Waals surface area contributed by atoms with Crippen molar-refractivity contribution in [1.82, 2.24) is 0 Å². The van der Waals surface area contributed by atoms with Crippen molar-refractivity contribution in [2.45, 2.75) is 84.2 Å². The zero-order valence-corrected chi connectivity index (χ0v) is 19.8. The van der Waals surface area contributed by atoms with Crippen LogP contribution in [0.2, 0.25) is 65.0 Å². The molecule has 1 radical (unpaired) electrons. The summed E-state index contributed by atoms with van der Waals surface area (Å²) in [7, 11) is -7.45. The molecule has 7 heteroatoms. The maximum atomic E-state index is 6.53. The number of hydrogen-bond acceptors (Lipinski definition) is 3. The quantitative estimate of drug-likeness (QED) is 0.379. The van der Waals surface area contributed by atoms with Gasteiger partial charge >= 0.3 is 17.1 Å². The van der Waals surface area contributed by atoms with Gasteiger partial charge in [-0.05, 0) is 65.0 Å². The second-order valence-corrected chi connectivity index (χ2v) is 24.6. The van der Waals surface area contributed by atoms with Gasteiger partial charge in [-0.2, -0.15) is 0 Å². The van der Waals surface area contributed by atoms with Gasteiger partial charge in [0, 0.05) is 0 Å². The highest BCUT2D eigenvalue weighted by Crippen LogP contribution is 2.26. The molecule has 0 unspecified atom stereocenters. The standard InChI is InChI=1S/C14H37O3Si4/c1-11-12-13-14-19(5,6)16-21(9,10)17-20(7,8)15-18(2,3)4/h1,11-14H2,2-10H3. The van der Waals surface area contributed by atoms with Gasteiger partial charge in [-0.1, -0.05) is 26.2 Å². The zero-order valence-electron chi connectivity index (χ0n) is 15.8. The molecule has 0 saturated heterocycles. The molecule has 0 aromatic carbocycles. The van der Waals surface area contributed by atoms with E-state index in [1.54, 1.807) is 0 Å². The number of unbranched alkanes of at least 4 members (excludes halogenated alkanes) is 2. The zero-order chi connectivity index (χ0) is 16.9. The van der Waals surface area contributed by atoms with Crippen molar-refractivity contribution >= 4 is 33.8 Å². The summed E-state index contributed by atoms with van der Waals surface area (Å²) >= 11 is 0. The molecule has 0 aliphatic rings. The molecule has 0 saturated carbocycles. The maximum absolute atomic E-state index is 6.53. The lowest BCUT2D eigenvalue weighted by molar-refractivity contribution is 0.329. The number of hydrogen-bond donors (Lipinski definition) is 0. The fourth-order valence-corrected chi connectivity index (χ4v) is 21.4. The summed E-state index contributed by atoms with van der Waals surface area (Å²) < 4.78 is 19.3. The predicted molar refractivity (Wildman–Crippen MR) is 103 cm³/mol. The van der Waals surface area contributed by atoms with Crippen LogP contribution in [0.15, 0.2) is 0 Å². The molecule has 3 nitrogen and oxygen atoms in total. The fourth-order valence-electron chi connectivity index (χ4n) is 2.81. The van der Waals surface area contributed by atoms with Gasteiger partial charge in [0.2, 0.25) is 0 Å². The van der Waals surface area contributed by atoms with E-state index in [-0.39, 0.29) is 0 Å². The Balaban J connectivity index is 4.60. The third-order valence-corrected chi connectivity index (χ3v) is 16.9. The third kappa shape index (κ3) is 11.9. The topological polar surface area (TPSA) is 27.7 Å². The molecule has 0 aromatic heterocycles. The second-order valence-electron chi connectivity index (χ2n) is 8.29. The summed E-state index contributed by atoms with van der Waals surface area (Å²) in [6.07, 6.45) is 3.44. The molecule has 21 heavy (non-hydrogen) atoms. The molecule has 0 aromatic rings.